The van der Waals surface area contributed by atoms with Crippen LogP contribution in [0.3, 0.4) is 0 Å². The Balaban J connectivity index is 4.13. The zero-order chi connectivity index (χ0) is 45.8. The van der Waals surface area contributed by atoms with Gasteiger partial charge in [0, 0.05) is 19.3 Å². The summed E-state index contributed by atoms with van der Waals surface area (Å²) in [7, 11) is 0. The topological polar surface area (TPSA) is 78.9 Å². The maximum absolute atomic E-state index is 12.8. The molecule has 6 nitrogen and oxygen atoms in total. The normalized spacial score (nSPS) is 12.2. The van der Waals surface area contributed by atoms with Crippen molar-refractivity contribution in [3.8, 4) is 0 Å². The highest BCUT2D eigenvalue weighted by molar-refractivity contribution is 5.71. The Morgan fingerprint density at radius 3 is 0.905 bits per heavy atom. The Kier molecular flexibility index (Phi) is 50.3. The summed E-state index contributed by atoms with van der Waals surface area (Å²) in [5.74, 6) is -0.890. The Hall–Kier alpha value is -2.37. The van der Waals surface area contributed by atoms with Gasteiger partial charge in [-0.25, -0.2) is 0 Å². The number of unbranched alkanes of at least 4 members (excludes halogenated alkanes) is 33. The molecule has 0 aliphatic heterocycles. The number of ether oxygens (including phenoxy) is 3. The van der Waals surface area contributed by atoms with Crippen LogP contribution in [0.4, 0.5) is 0 Å². The van der Waals surface area contributed by atoms with Crippen molar-refractivity contribution < 1.29 is 28.6 Å². The van der Waals surface area contributed by atoms with Crippen LogP contribution in [0.2, 0.25) is 0 Å². The van der Waals surface area contributed by atoms with Gasteiger partial charge in [-0.2, -0.15) is 0 Å². The zero-order valence-electron chi connectivity index (χ0n) is 42.1. The van der Waals surface area contributed by atoms with Gasteiger partial charge >= 0.3 is 17.9 Å². The molecule has 6 heteroatoms. The molecule has 63 heavy (non-hydrogen) atoms. The summed E-state index contributed by atoms with van der Waals surface area (Å²) in [4.78, 5) is 37.8. The Labute approximate surface area is 391 Å². The van der Waals surface area contributed by atoms with Crippen LogP contribution in [-0.2, 0) is 28.6 Å². The van der Waals surface area contributed by atoms with E-state index in [4.69, 9.17) is 14.2 Å². The summed E-state index contributed by atoms with van der Waals surface area (Å²) in [6, 6.07) is 0. The minimum Gasteiger partial charge on any atom is -0.462 e. The number of esters is 3. The van der Waals surface area contributed by atoms with E-state index < -0.39 is 6.10 Å². The van der Waals surface area contributed by atoms with Gasteiger partial charge in [0.1, 0.15) is 13.2 Å². The van der Waals surface area contributed by atoms with Crippen molar-refractivity contribution in [3.05, 3.63) is 36.5 Å². The van der Waals surface area contributed by atoms with Crippen LogP contribution >= 0.6 is 0 Å². The van der Waals surface area contributed by atoms with E-state index in [1.807, 2.05) is 0 Å². The van der Waals surface area contributed by atoms with E-state index in [9.17, 15) is 14.4 Å². The number of hydrogen-bond acceptors (Lipinski definition) is 6. The molecule has 0 aromatic heterocycles. The van der Waals surface area contributed by atoms with Crippen LogP contribution < -0.4 is 0 Å². The predicted molar refractivity (Wildman–Crippen MR) is 270 cm³/mol. The van der Waals surface area contributed by atoms with Gasteiger partial charge in [-0.15, -0.1) is 0 Å². The Morgan fingerprint density at radius 1 is 0.317 bits per heavy atom. The molecule has 368 valence electrons. The van der Waals surface area contributed by atoms with E-state index in [1.54, 1.807) is 0 Å². The summed E-state index contributed by atoms with van der Waals surface area (Å²) in [5.41, 5.74) is 0. The molecule has 0 saturated carbocycles. The van der Waals surface area contributed by atoms with Crippen LogP contribution in [0, 0.1) is 0 Å². The fourth-order valence-corrected chi connectivity index (χ4v) is 7.94. The molecule has 0 aliphatic carbocycles. The van der Waals surface area contributed by atoms with Gasteiger partial charge in [-0.1, -0.05) is 231 Å². The molecule has 0 saturated heterocycles. The second-order valence-corrected chi connectivity index (χ2v) is 18.5. The SMILES string of the molecule is CCCCCC/C=C\C/C=C\CCCCCCCC(=O)OC(COC(=O)CCCCCCCC)COC(=O)CCCCCCCCCCCCC/C=C\CCCCCCCCCC. The highest BCUT2D eigenvalue weighted by atomic mass is 16.6. The van der Waals surface area contributed by atoms with Crippen molar-refractivity contribution in [2.24, 2.45) is 0 Å². The quantitative estimate of drug-likeness (QED) is 0.0262. The van der Waals surface area contributed by atoms with Gasteiger partial charge in [0.2, 0.25) is 0 Å². The number of carbonyl (C=O) groups is 3. The minimum absolute atomic E-state index is 0.0762. The first-order chi connectivity index (χ1) is 31.0. The molecule has 0 aromatic carbocycles. The molecule has 0 spiro atoms. The molecule has 0 radical (unpaired) electrons. The molecule has 0 N–H and O–H groups in total. The van der Waals surface area contributed by atoms with E-state index >= 15 is 0 Å². The third-order valence-electron chi connectivity index (χ3n) is 12.1. The average Bonchev–Trinajstić information content (AvgIpc) is 3.28. The van der Waals surface area contributed by atoms with Crippen molar-refractivity contribution in [3.63, 3.8) is 0 Å². The molecule has 1 atom stereocenters. The third kappa shape index (κ3) is 50.5. The van der Waals surface area contributed by atoms with Crippen molar-refractivity contribution in [1.82, 2.24) is 0 Å². The number of rotatable bonds is 50. The molecule has 0 aromatic rings. The molecule has 0 bridgehead atoms. The molecule has 0 amide bonds. The molecular weight excluding hydrogens is 781 g/mol. The maximum atomic E-state index is 12.8. The Bertz CT molecular complexity index is 1060. The number of carbonyl (C=O) groups excluding carboxylic acids is 3. The van der Waals surface area contributed by atoms with E-state index in [-0.39, 0.29) is 31.1 Å². The minimum atomic E-state index is -0.774. The van der Waals surface area contributed by atoms with Gasteiger partial charge < -0.3 is 14.2 Å². The smallest absolute Gasteiger partial charge is 0.306 e. The molecule has 1 unspecified atom stereocenters. The molecule has 0 aliphatic rings. The molecule has 0 rings (SSSR count). The number of hydrogen-bond donors (Lipinski definition) is 0. The first-order valence-electron chi connectivity index (χ1n) is 27.5. The lowest BCUT2D eigenvalue weighted by Gasteiger charge is -2.18. The van der Waals surface area contributed by atoms with Crippen molar-refractivity contribution in [2.75, 3.05) is 13.2 Å². The summed E-state index contributed by atoms with van der Waals surface area (Å²) < 4.78 is 16.7. The maximum Gasteiger partial charge on any atom is 0.306 e. The van der Waals surface area contributed by atoms with Crippen LogP contribution in [0.15, 0.2) is 36.5 Å². The lowest BCUT2D eigenvalue weighted by molar-refractivity contribution is -0.167. The molecular formula is C57H104O6. The van der Waals surface area contributed by atoms with Crippen molar-refractivity contribution >= 4 is 17.9 Å². The lowest BCUT2D eigenvalue weighted by atomic mass is 10.0. The van der Waals surface area contributed by atoms with Crippen molar-refractivity contribution in [1.29, 1.82) is 0 Å². The van der Waals surface area contributed by atoms with Crippen LogP contribution in [0.25, 0.3) is 0 Å². The fraction of sp³-hybridized carbons (Fsp3) is 0.842. The average molecular weight is 885 g/mol. The van der Waals surface area contributed by atoms with Gasteiger partial charge in [-0.3, -0.25) is 14.4 Å². The second kappa shape index (κ2) is 52.3. The van der Waals surface area contributed by atoms with Crippen molar-refractivity contribution in [2.45, 2.75) is 297 Å². The molecule has 0 heterocycles. The Morgan fingerprint density at radius 2 is 0.571 bits per heavy atom. The first kappa shape index (κ1) is 60.6. The second-order valence-electron chi connectivity index (χ2n) is 18.5. The van der Waals surface area contributed by atoms with Gasteiger partial charge in [0.05, 0.1) is 0 Å². The van der Waals surface area contributed by atoms with E-state index in [0.29, 0.717) is 19.3 Å². The van der Waals surface area contributed by atoms with E-state index in [1.165, 1.54) is 167 Å². The van der Waals surface area contributed by atoms with Crippen LogP contribution in [0.1, 0.15) is 290 Å². The highest BCUT2D eigenvalue weighted by Gasteiger charge is 2.19. The van der Waals surface area contributed by atoms with E-state index in [2.05, 4.69) is 57.2 Å². The summed E-state index contributed by atoms with van der Waals surface area (Å²) in [6.45, 7) is 6.57. The first-order valence-corrected chi connectivity index (χ1v) is 27.5. The molecule has 0 fully saturated rings. The van der Waals surface area contributed by atoms with Crippen LogP contribution in [-0.4, -0.2) is 37.2 Å². The summed E-state index contributed by atoms with van der Waals surface area (Å²) in [5, 5.41) is 0. The van der Waals surface area contributed by atoms with Gasteiger partial charge in [0.15, 0.2) is 6.10 Å². The zero-order valence-corrected chi connectivity index (χ0v) is 42.1. The van der Waals surface area contributed by atoms with E-state index in [0.717, 1.165) is 83.5 Å². The third-order valence-corrected chi connectivity index (χ3v) is 12.1. The van der Waals surface area contributed by atoms with Gasteiger partial charge in [0.25, 0.3) is 0 Å². The largest absolute Gasteiger partial charge is 0.462 e. The monoisotopic (exact) mass is 885 g/mol. The number of allylic oxidation sites excluding steroid dienone is 6. The highest BCUT2D eigenvalue weighted by Crippen LogP contribution is 2.15. The standard InChI is InChI=1S/C57H104O6/c1-4-7-10-13-16-18-20-22-24-26-27-28-29-30-31-32-34-35-37-39-41-44-47-50-56(59)62-53-54(52-61-55(58)49-46-43-15-12-9-6-3)63-57(60)51-48-45-42-40-38-36-33-25-23-21-19-17-14-11-8-5-2/h19,21,25-27,33,54H,4-18,20,22-24,28-32,34-53H2,1-3H3/b21-19-,27-26-,33-25-. The lowest BCUT2D eigenvalue weighted by Crippen LogP contribution is -2.30. The predicted octanol–water partition coefficient (Wildman–Crippen LogP) is 18.1. The fourth-order valence-electron chi connectivity index (χ4n) is 7.94. The summed E-state index contributed by atoms with van der Waals surface area (Å²) >= 11 is 0. The van der Waals surface area contributed by atoms with Gasteiger partial charge in [-0.05, 0) is 77.0 Å². The van der Waals surface area contributed by atoms with Crippen LogP contribution in [0.5, 0.6) is 0 Å². The summed E-state index contributed by atoms with van der Waals surface area (Å²) in [6.07, 6.45) is 61.6.